The Kier molecular flexibility index (Phi) is 5.42. The topological polar surface area (TPSA) is 72.5 Å². The van der Waals surface area contributed by atoms with Gasteiger partial charge in [0.15, 0.2) is 0 Å². The predicted octanol–water partition coefficient (Wildman–Crippen LogP) is 4.62. The molecule has 0 saturated carbocycles. The van der Waals surface area contributed by atoms with E-state index in [1.165, 1.54) is 0 Å². The van der Waals surface area contributed by atoms with Crippen molar-refractivity contribution >= 4 is 21.8 Å². The second kappa shape index (κ2) is 8.16. The van der Waals surface area contributed by atoms with E-state index in [-0.39, 0.29) is 9.92 Å². The number of ether oxygens (including phenoxy) is 1. The molecule has 0 atom stereocenters. The first-order chi connectivity index (χ1) is 14.5. The summed E-state index contributed by atoms with van der Waals surface area (Å²) in [7, 11) is -3.88. The van der Waals surface area contributed by atoms with Crippen molar-refractivity contribution in [1.29, 1.82) is 0 Å². The van der Waals surface area contributed by atoms with Crippen molar-refractivity contribution in [2.24, 2.45) is 0 Å². The summed E-state index contributed by atoms with van der Waals surface area (Å²) in [4.78, 5) is 11.4. The lowest BCUT2D eigenvalue weighted by Gasteiger charge is -2.14. The number of carbonyl (C=O) groups excluding carboxylic acids is 1. The Morgan fingerprint density at radius 1 is 0.933 bits per heavy atom. The van der Waals surface area contributed by atoms with Crippen LogP contribution in [0.25, 0.3) is 5.57 Å². The highest BCUT2D eigenvalue weighted by atomic mass is 32.2. The molecule has 1 amide bonds. The lowest BCUT2D eigenvalue weighted by Crippen LogP contribution is -2.21. The summed E-state index contributed by atoms with van der Waals surface area (Å²) in [5, 5.41) is 2.39. The molecule has 0 saturated heterocycles. The molecule has 6 heteroatoms. The molecule has 1 aliphatic rings. The van der Waals surface area contributed by atoms with Crippen molar-refractivity contribution in [1.82, 2.24) is 5.32 Å². The second-order valence-electron chi connectivity index (χ2n) is 7.08. The van der Waals surface area contributed by atoms with Gasteiger partial charge in [-0.1, -0.05) is 48.0 Å². The Morgan fingerprint density at radius 2 is 1.67 bits per heavy atom. The largest absolute Gasteiger partial charge is 0.457 e. The molecule has 0 aromatic heterocycles. The third-order valence-electron chi connectivity index (χ3n) is 5.12. The zero-order valence-electron chi connectivity index (χ0n) is 16.5. The Hall–Kier alpha value is -3.38. The minimum Gasteiger partial charge on any atom is -0.457 e. The number of amides is 1. The number of rotatable bonds is 6. The number of para-hydroxylation sites is 1. The molecule has 4 rings (SSSR count). The fraction of sp³-hybridized carbons (Fsp3) is 0.125. The highest BCUT2D eigenvalue weighted by molar-refractivity contribution is 7.95. The number of hydrogen-bond donors (Lipinski definition) is 1. The number of benzene rings is 3. The minimum atomic E-state index is -3.88. The van der Waals surface area contributed by atoms with Crippen molar-refractivity contribution in [3.8, 4) is 11.5 Å². The molecule has 0 spiro atoms. The number of hydrogen-bond acceptors (Lipinski definition) is 4. The van der Waals surface area contributed by atoms with Crippen molar-refractivity contribution < 1.29 is 17.9 Å². The molecule has 5 nitrogen and oxygen atoms in total. The van der Waals surface area contributed by atoms with Crippen LogP contribution in [-0.2, 0) is 21.1 Å². The van der Waals surface area contributed by atoms with E-state index in [1.807, 2.05) is 55.5 Å². The summed E-state index contributed by atoms with van der Waals surface area (Å²) in [6.07, 6.45) is 1.53. The Morgan fingerprint density at radius 3 is 2.37 bits per heavy atom. The van der Waals surface area contributed by atoms with Crippen LogP contribution in [-0.4, -0.2) is 14.8 Å². The normalized spacial score (nSPS) is 14.7. The molecule has 0 bridgehead atoms. The van der Waals surface area contributed by atoms with Gasteiger partial charge in [-0.2, -0.15) is 0 Å². The van der Waals surface area contributed by atoms with E-state index in [4.69, 9.17) is 4.74 Å². The standard InChI is InChI=1S/C24H21NO4S/c1-17-10-12-19(13-11-17)30(27,28)24(25-16-26)22-15-14-21-20(22)8-5-9-23(21)29-18-6-3-2-4-7-18/h2-13,16H,14-15H2,1H3,(H,25,26). The minimum absolute atomic E-state index is 0.0723. The molecule has 30 heavy (non-hydrogen) atoms. The number of allylic oxidation sites excluding steroid dienone is 1. The molecule has 1 N–H and O–H groups in total. The quantitative estimate of drug-likeness (QED) is 0.592. The van der Waals surface area contributed by atoms with E-state index >= 15 is 0 Å². The highest BCUT2D eigenvalue weighted by Gasteiger charge is 2.30. The summed E-state index contributed by atoms with van der Waals surface area (Å²) < 4.78 is 32.6. The molecule has 0 unspecified atom stereocenters. The molecular formula is C24H21NO4S. The number of sulfone groups is 1. The average Bonchev–Trinajstić information content (AvgIpc) is 3.18. The lowest BCUT2D eigenvalue weighted by atomic mass is 10.1. The summed E-state index contributed by atoms with van der Waals surface area (Å²) >= 11 is 0. The molecule has 0 heterocycles. The zero-order valence-corrected chi connectivity index (χ0v) is 17.3. The first-order valence-electron chi connectivity index (χ1n) is 9.61. The van der Waals surface area contributed by atoms with Crippen LogP contribution in [0.1, 0.15) is 23.1 Å². The molecule has 0 fully saturated rings. The van der Waals surface area contributed by atoms with E-state index < -0.39 is 9.84 Å². The van der Waals surface area contributed by atoms with Gasteiger partial charge in [0, 0.05) is 5.56 Å². The lowest BCUT2D eigenvalue weighted by molar-refractivity contribution is -0.108. The van der Waals surface area contributed by atoms with Gasteiger partial charge in [-0.05, 0) is 61.2 Å². The third-order valence-corrected chi connectivity index (χ3v) is 6.91. The van der Waals surface area contributed by atoms with Crippen LogP contribution in [0.3, 0.4) is 0 Å². The van der Waals surface area contributed by atoms with Gasteiger partial charge < -0.3 is 10.1 Å². The Balaban J connectivity index is 1.81. The molecule has 1 aliphatic carbocycles. The number of carbonyl (C=O) groups is 1. The van der Waals surface area contributed by atoms with Crippen molar-refractivity contribution in [3.63, 3.8) is 0 Å². The van der Waals surface area contributed by atoms with Crippen molar-refractivity contribution in [2.75, 3.05) is 0 Å². The van der Waals surface area contributed by atoms with Gasteiger partial charge in [0.1, 0.15) is 16.5 Å². The predicted molar refractivity (Wildman–Crippen MR) is 116 cm³/mol. The van der Waals surface area contributed by atoms with Crippen LogP contribution in [0.5, 0.6) is 11.5 Å². The Labute approximate surface area is 175 Å². The van der Waals surface area contributed by atoms with Crippen LogP contribution in [0.15, 0.2) is 82.7 Å². The van der Waals surface area contributed by atoms with E-state index in [0.717, 1.165) is 16.7 Å². The maximum Gasteiger partial charge on any atom is 0.222 e. The van der Waals surface area contributed by atoms with Gasteiger partial charge in [-0.3, -0.25) is 4.79 Å². The van der Waals surface area contributed by atoms with Crippen LogP contribution in [0.2, 0.25) is 0 Å². The summed E-state index contributed by atoms with van der Waals surface area (Å²) in [6.45, 7) is 1.89. The van der Waals surface area contributed by atoms with E-state index in [2.05, 4.69) is 5.32 Å². The highest BCUT2D eigenvalue weighted by Crippen LogP contribution is 2.42. The summed E-state index contributed by atoms with van der Waals surface area (Å²) in [5.41, 5.74) is 3.26. The molecule has 152 valence electrons. The summed E-state index contributed by atoms with van der Waals surface area (Å²) in [5.74, 6) is 1.40. The molecule has 3 aromatic rings. The van der Waals surface area contributed by atoms with Gasteiger partial charge in [0.2, 0.25) is 16.2 Å². The van der Waals surface area contributed by atoms with Gasteiger partial charge >= 0.3 is 0 Å². The number of nitrogens with one attached hydrogen (secondary N) is 1. The molecule has 0 radical (unpaired) electrons. The van der Waals surface area contributed by atoms with Crippen LogP contribution in [0, 0.1) is 6.92 Å². The maximum absolute atomic E-state index is 13.3. The maximum atomic E-state index is 13.3. The van der Waals surface area contributed by atoms with Crippen LogP contribution in [0.4, 0.5) is 0 Å². The van der Waals surface area contributed by atoms with Crippen LogP contribution < -0.4 is 10.1 Å². The van der Waals surface area contributed by atoms with E-state index in [9.17, 15) is 13.2 Å². The monoisotopic (exact) mass is 419 g/mol. The van der Waals surface area contributed by atoms with E-state index in [1.54, 1.807) is 24.3 Å². The van der Waals surface area contributed by atoms with Gasteiger partial charge in [-0.15, -0.1) is 0 Å². The molecule has 0 aliphatic heterocycles. The summed E-state index contributed by atoms with van der Waals surface area (Å²) in [6, 6.07) is 21.6. The van der Waals surface area contributed by atoms with Crippen LogP contribution >= 0.6 is 0 Å². The second-order valence-corrected chi connectivity index (χ2v) is 8.97. The smallest absolute Gasteiger partial charge is 0.222 e. The zero-order chi connectivity index (χ0) is 21.1. The van der Waals surface area contributed by atoms with Gasteiger partial charge in [0.05, 0.1) is 4.90 Å². The van der Waals surface area contributed by atoms with Crippen molar-refractivity contribution in [3.05, 3.63) is 94.5 Å². The molecule has 3 aromatic carbocycles. The fourth-order valence-corrected chi connectivity index (χ4v) is 5.12. The molecular weight excluding hydrogens is 398 g/mol. The fourth-order valence-electron chi connectivity index (χ4n) is 3.65. The number of fused-ring (bicyclic) bond motifs is 1. The van der Waals surface area contributed by atoms with Crippen molar-refractivity contribution in [2.45, 2.75) is 24.7 Å². The average molecular weight is 420 g/mol. The SMILES string of the molecule is Cc1ccc(S(=O)(=O)C(NC=O)=C2CCc3c(Oc4ccccc4)cccc32)cc1. The first-order valence-corrected chi connectivity index (χ1v) is 11.1. The first kappa shape index (κ1) is 19.9. The van der Waals surface area contributed by atoms with Gasteiger partial charge in [0.25, 0.3) is 0 Å². The third kappa shape index (κ3) is 3.74. The van der Waals surface area contributed by atoms with E-state index in [0.29, 0.717) is 36.3 Å². The Bertz CT molecular complexity index is 1210. The number of aryl methyl sites for hydroxylation is 1. The van der Waals surface area contributed by atoms with Gasteiger partial charge in [-0.25, -0.2) is 8.42 Å².